The Labute approximate surface area is 189 Å². The molecule has 0 aliphatic heterocycles. The predicted molar refractivity (Wildman–Crippen MR) is 124 cm³/mol. The lowest BCUT2D eigenvalue weighted by molar-refractivity contribution is 0.102. The first-order chi connectivity index (χ1) is 15.3. The van der Waals surface area contributed by atoms with Crippen LogP contribution in [0.25, 0.3) is 11.3 Å². The van der Waals surface area contributed by atoms with E-state index < -0.39 is 15.9 Å². The second-order valence-corrected chi connectivity index (χ2v) is 9.67. The normalized spacial score (nSPS) is 11.2. The molecular weight excluding hydrogens is 449 g/mol. The Hall–Kier alpha value is -3.56. The molecule has 0 atom stereocenters. The number of hydrogen-bond acceptors (Lipinski definition) is 5. The Balaban J connectivity index is 1.54. The molecule has 3 aromatic carbocycles. The molecule has 1 heterocycles. The van der Waals surface area contributed by atoms with Gasteiger partial charge in [0, 0.05) is 23.6 Å². The first kappa shape index (κ1) is 21.7. The molecule has 1 amide bonds. The summed E-state index contributed by atoms with van der Waals surface area (Å²) >= 11 is 1.19. The fraction of sp³-hybridized carbons (Fsp3) is 0.0435. The fourth-order valence-electron chi connectivity index (χ4n) is 3.01. The van der Waals surface area contributed by atoms with E-state index in [-0.39, 0.29) is 16.3 Å². The summed E-state index contributed by atoms with van der Waals surface area (Å²) in [6.45, 7) is 0. The Morgan fingerprint density at radius 3 is 2.50 bits per heavy atom. The zero-order chi connectivity index (χ0) is 22.7. The van der Waals surface area contributed by atoms with Crippen molar-refractivity contribution < 1.29 is 17.6 Å². The number of hydrogen-bond donors (Lipinski definition) is 1. The number of aromatic nitrogens is 1. The van der Waals surface area contributed by atoms with Crippen LogP contribution < -0.4 is 9.62 Å². The van der Waals surface area contributed by atoms with Crippen molar-refractivity contribution in [2.75, 3.05) is 16.7 Å². The van der Waals surface area contributed by atoms with Crippen LogP contribution in [0.2, 0.25) is 0 Å². The third-order valence-electron chi connectivity index (χ3n) is 4.72. The number of thiazole rings is 1. The molecule has 6 nitrogen and oxygen atoms in total. The van der Waals surface area contributed by atoms with Gasteiger partial charge in [0.05, 0.1) is 16.3 Å². The summed E-state index contributed by atoms with van der Waals surface area (Å²) in [5.41, 5.74) is 1.81. The Bertz CT molecular complexity index is 1370. The lowest BCUT2D eigenvalue weighted by atomic mass is 10.2. The van der Waals surface area contributed by atoms with Crippen molar-refractivity contribution in [2.45, 2.75) is 4.90 Å². The minimum Gasteiger partial charge on any atom is -0.298 e. The summed E-state index contributed by atoms with van der Waals surface area (Å²) in [6.07, 6.45) is 0. The second-order valence-electron chi connectivity index (χ2n) is 6.84. The molecule has 9 heteroatoms. The van der Waals surface area contributed by atoms with Crippen molar-refractivity contribution in [2.24, 2.45) is 0 Å². The minimum atomic E-state index is -3.85. The number of halogens is 1. The SMILES string of the molecule is CN(c1ccccc1)S(=O)(=O)c1cccc(C(=O)Nc2nc(-c3cccc(F)c3)cs2)c1. The van der Waals surface area contributed by atoms with E-state index in [1.807, 2.05) is 0 Å². The van der Waals surface area contributed by atoms with Crippen molar-refractivity contribution >= 4 is 38.1 Å². The predicted octanol–water partition coefficient (Wildman–Crippen LogP) is 5.03. The Morgan fingerprint density at radius 2 is 1.75 bits per heavy atom. The van der Waals surface area contributed by atoms with Crippen LogP contribution in [0.1, 0.15) is 10.4 Å². The number of nitrogens with zero attached hydrogens (tertiary/aromatic N) is 2. The van der Waals surface area contributed by atoms with Gasteiger partial charge in [0.2, 0.25) is 0 Å². The molecule has 0 saturated carbocycles. The van der Waals surface area contributed by atoms with Gasteiger partial charge in [-0.15, -0.1) is 11.3 Å². The minimum absolute atomic E-state index is 0.00362. The number of amides is 1. The summed E-state index contributed by atoms with van der Waals surface area (Å²) < 4.78 is 40.6. The topological polar surface area (TPSA) is 79.4 Å². The van der Waals surface area contributed by atoms with E-state index in [1.165, 1.54) is 54.8 Å². The summed E-state index contributed by atoms with van der Waals surface area (Å²) in [4.78, 5) is 17.0. The number of carbonyl (C=O) groups excluding carboxylic acids is 1. The first-order valence-corrected chi connectivity index (χ1v) is 11.8. The average Bonchev–Trinajstić information content (AvgIpc) is 3.27. The van der Waals surface area contributed by atoms with Crippen molar-refractivity contribution in [3.05, 3.63) is 95.6 Å². The summed E-state index contributed by atoms with van der Waals surface area (Å²) in [7, 11) is -2.39. The van der Waals surface area contributed by atoms with Crippen LogP contribution in [0.3, 0.4) is 0 Å². The standard InChI is InChI=1S/C23H18FN3O3S2/c1-27(19-10-3-2-4-11-19)32(29,30)20-12-6-8-17(14-20)22(28)26-23-25-21(15-31-23)16-7-5-9-18(24)13-16/h2-15H,1H3,(H,25,26,28). The van der Waals surface area contributed by atoms with Gasteiger partial charge in [-0.3, -0.25) is 14.4 Å². The highest BCUT2D eigenvalue weighted by Gasteiger charge is 2.22. The lowest BCUT2D eigenvalue weighted by Gasteiger charge is -2.19. The molecule has 0 aliphatic carbocycles. The van der Waals surface area contributed by atoms with Crippen LogP contribution in [-0.2, 0) is 10.0 Å². The molecule has 32 heavy (non-hydrogen) atoms. The maximum atomic E-state index is 13.4. The number of rotatable bonds is 6. The highest BCUT2D eigenvalue weighted by Crippen LogP contribution is 2.26. The van der Waals surface area contributed by atoms with E-state index in [0.717, 1.165) is 4.31 Å². The molecule has 0 unspecified atom stereocenters. The highest BCUT2D eigenvalue weighted by atomic mass is 32.2. The molecule has 4 aromatic rings. The van der Waals surface area contributed by atoms with E-state index in [0.29, 0.717) is 22.1 Å². The van der Waals surface area contributed by atoms with Gasteiger partial charge in [-0.1, -0.05) is 36.4 Å². The molecule has 1 aromatic heterocycles. The van der Waals surface area contributed by atoms with E-state index in [9.17, 15) is 17.6 Å². The number of carbonyl (C=O) groups is 1. The molecule has 162 valence electrons. The Morgan fingerprint density at radius 1 is 1.00 bits per heavy atom. The zero-order valence-corrected chi connectivity index (χ0v) is 18.5. The van der Waals surface area contributed by atoms with Gasteiger partial charge in [0.1, 0.15) is 5.82 Å². The Kier molecular flexibility index (Phi) is 6.02. The van der Waals surface area contributed by atoms with Crippen LogP contribution in [-0.4, -0.2) is 26.4 Å². The van der Waals surface area contributed by atoms with Gasteiger partial charge in [0.25, 0.3) is 15.9 Å². The van der Waals surface area contributed by atoms with E-state index in [4.69, 9.17) is 0 Å². The van der Waals surface area contributed by atoms with Gasteiger partial charge < -0.3 is 0 Å². The van der Waals surface area contributed by atoms with Crippen molar-refractivity contribution in [3.63, 3.8) is 0 Å². The van der Waals surface area contributed by atoms with Crippen LogP contribution in [0.5, 0.6) is 0 Å². The van der Waals surface area contributed by atoms with Crippen molar-refractivity contribution in [3.8, 4) is 11.3 Å². The number of anilines is 2. The molecular formula is C23H18FN3O3S2. The molecule has 0 aliphatic rings. The van der Waals surface area contributed by atoms with Gasteiger partial charge >= 0.3 is 0 Å². The largest absolute Gasteiger partial charge is 0.298 e. The number of benzene rings is 3. The van der Waals surface area contributed by atoms with Gasteiger partial charge in [0.15, 0.2) is 5.13 Å². The molecule has 0 bridgehead atoms. The third-order valence-corrected chi connectivity index (χ3v) is 7.26. The smallest absolute Gasteiger partial charge is 0.264 e. The average molecular weight is 468 g/mol. The molecule has 0 fully saturated rings. The maximum Gasteiger partial charge on any atom is 0.264 e. The van der Waals surface area contributed by atoms with Gasteiger partial charge in [-0.25, -0.2) is 17.8 Å². The molecule has 4 rings (SSSR count). The summed E-state index contributed by atoms with van der Waals surface area (Å²) in [5.74, 6) is -0.871. The quantitative estimate of drug-likeness (QED) is 0.432. The zero-order valence-electron chi connectivity index (χ0n) is 16.9. The van der Waals surface area contributed by atoms with E-state index in [1.54, 1.807) is 47.8 Å². The molecule has 0 radical (unpaired) electrons. The first-order valence-electron chi connectivity index (χ1n) is 9.51. The van der Waals surface area contributed by atoms with Crippen LogP contribution in [0.15, 0.2) is 89.1 Å². The fourth-order valence-corrected chi connectivity index (χ4v) is 4.97. The number of nitrogens with one attached hydrogen (secondary N) is 1. The number of para-hydroxylation sites is 1. The lowest BCUT2D eigenvalue weighted by Crippen LogP contribution is -2.26. The summed E-state index contributed by atoms with van der Waals surface area (Å²) in [6, 6.07) is 20.5. The second kappa shape index (κ2) is 8.89. The van der Waals surface area contributed by atoms with Crippen LogP contribution >= 0.6 is 11.3 Å². The monoisotopic (exact) mass is 467 g/mol. The molecule has 1 N–H and O–H groups in total. The van der Waals surface area contributed by atoms with Crippen LogP contribution in [0.4, 0.5) is 15.2 Å². The van der Waals surface area contributed by atoms with E-state index in [2.05, 4.69) is 10.3 Å². The summed E-state index contributed by atoms with van der Waals surface area (Å²) in [5, 5.41) is 4.70. The van der Waals surface area contributed by atoms with Gasteiger partial charge in [-0.05, 0) is 42.5 Å². The molecule has 0 saturated heterocycles. The third kappa shape index (κ3) is 4.53. The maximum absolute atomic E-state index is 13.4. The molecule has 0 spiro atoms. The van der Waals surface area contributed by atoms with Crippen molar-refractivity contribution in [1.29, 1.82) is 0 Å². The van der Waals surface area contributed by atoms with Gasteiger partial charge in [-0.2, -0.15) is 0 Å². The van der Waals surface area contributed by atoms with Crippen molar-refractivity contribution in [1.82, 2.24) is 4.98 Å². The van der Waals surface area contributed by atoms with Crippen LogP contribution in [0, 0.1) is 5.82 Å². The van der Waals surface area contributed by atoms with E-state index >= 15 is 0 Å². The number of sulfonamides is 1. The highest BCUT2D eigenvalue weighted by molar-refractivity contribution is 7.92.